The van der Waals surface area contributed by atoms with Crippen LogP contribution in [-0.2, 0) is 16.1 Å². The van der Waals surface area contributed by atoms with E-state index in [4.69, 9.17) is 4.42 Å². The number of nitrogens with one attached hydrogen (secondary N) is 2. The van der Waals surface area contributed by atoms with Crippen molar-refractivity contribution in [2.75, 3.05) is 5.32 Å². The Hall–Kier alpha value is -2.56. The molecule has 0 aliphatic rings. The number of hydrogen-bond donors (Lipinski definition) is 2. The molecule has 0 saturated carbocycles. The zero-order chi connectivity index (χ0) is 15.2. The smallest absolute Gasteiger partial charge is 0.313 e. The molecule has 0 radical (unpaired) electrons. The van der Waals surface area contributed by atoms with Crippen molar-refractivity contribution >= 4 is 17.5 Å². The van der Waals surface area contributed by atoms with E-state index in [1.54, 1.807) is 18.2 Å². The second-order valence-corrected chi connectivity index (χ2v) is 4.96. The molecule has 0 saturated heterocycles. The Morgan fingerprint density at radius 2 is 1.86 bits per heavy atom. The maximum Gasteiger partial charge on any atom is 0.313 e. The Balaban J connectivity index is 1.96. The molecule has 0 bridgehead atoms. The normalized spacial score (nSPS) is 10.4. The summed E-state index contributed by atoms with van der Waals surface area (Å²) in [6.45, 7) is 4.25. The van der Waals surface area contributed by atoms with E-state index in [0.717, 1.165) is 5.56 Å². The third-order valence-corrected chi connectivity index (χ3v) is 3.04. The fraction of sp³-hybridized carbons (Fsp3) is 0.250. The van der Waals surface area contributed by atoms with Crippen LogP contribution in [-0.4, -0.2) is 11.8 Å². The first-order valence-electron chi connectivity index (χ1n) is 6.78. The maximum absolute atomic E-state index is 11.9. The summed E-state index contributed by atoms with van der Waals surface area (Å²) in [6.07, 6.45) is 1.51. The Kier molecular flexibility index (Phi) is 4.77. The van der Waals surface area contributed by atoms with Gasteiger partial charge in [-0.1, -0.05) is 32.0 Å². The van der Waals surface area contributed by atoms with Gasteiger partial charge in [0.1, 0.15) is 5.76 Å². The molecule has 5 nitrogen and oxygen atoms in total. The molecule has 110 valence electrons. The highest BCUT2D eigenvalue weighted by Crippen LogP contribution is 2.23. The van der Waals surface area contributed by atoms with Crippen molar-refractivity contribution in [3.8, 4) is 0 Å². The second kappa shape index (κ2) is 6.74. The number of anilines is 1. The van der Waals surface area contributed by atoms with E-state index >= 15 is 0 Å². The van der Waals surface area contributed by atoms with Crippen LogP contribution in [0.5, 0.6) is 0 Å². The van der Waals surface area contributed by atoms with E-state index in [2.05, 4.69) is 10.6 Å². The lowest BCUT2D eigenvalue weighted by atomic mass is 10.0. The maximum atomic E-state index is 11.9. The minimum absolute atomic E-state index is 0.186. The highest BCUT2D eigenvalue weighted by Gasteiger charge is 2.16. The summed E-state index contributed by atoms with van der Waals surface area (Å²) in [7, 11) is 0. The average molecular weight is 286 g/mol. The van der Waals surface area contributed by atoms with Crippen molar-refractivity contribution in [1.29, 1.82) is 0 Å². The number of para-hydroxylation sites is 1. The van der Waals surface area contributed by atoms with Crippen LogP contribution in [0, 0.1) is 0 Å². The van der Waals surface area contributed by atoms with Gasteiger partial charge in [-0.15, -0.1) is 0 Å². The molecule has 0 unspecified atom stereocenters. The standard InChI is InChI=1S/C16H18N2O3/c1-11(2)13-7-3-4-8-14(13)18-16(20)15(19)17-10-12-6-5-9-21-12/h3-9,11H,10H2,1-2H3,(H,17,19)(H,18,20). The summed E-state index contributed by atoms with van der Waals surface area (Å²) in [5.74, 6) is -0.522. The van der Waals surface area contributed by atoms with Gasteiger partial charge < -0.3 is 15.1 Å². The molecular weight excluding hydrogens is 268 g/mol. The Labute approximate surface area is 123 Å². The zero-order valence-electron chi connectivity index (χ0n) is 12.1. The molecule has 1 heterocycles. The van der Waals surface area contributed by atoms with Gasteiger partial charge in [-0.2, -0.15) is 0 Å². The average Bonchev–Trinajstić information content (AvgIpc) is 2.98. The Bertz CT molecular complexity index is 618. The molecule has 0 spiro atoms. The lowest BCUT2D eigenvalue weighted by molar-refractivity contribution is -0.136. The van der Waals surface area contributed by atoms with Crippen LogP contribution < -0.4 is 10.6 Å². The minimum atomic E-state index is -0.690. The molecule has 21 heavy (non-hydrogen) atoms. The van der Waals surface area contributed by atoms with Gasteiger partial charge in [0.15, 0.2) is 0 Å². The van der Waals surface area contributed by atoms with E-state index in [1.807, 2.05) is 32.0 Å². The number of carbonyl (C=O) groups excluding carboxylic acids is 2. The van der Waals surface area contributed by atoms with E-state index < -0.39 is 11.8 Å². The van der Waals surface area contributed by atoms with Gasteiger partial charge in [0.2, 0.25) is 0 Å². The molecule has 0 atom stereocenters. The van der Waals surface area contributed by atoms with Gasteiger partial charge in [-0.25, -0.2) is 0 Å². The van der Waals surface area contributed by atoms with Crippen molar-refractivity contribution in [2.24, 2.45) is 0 Å². The molecule has 2 aromatic rings. The first kappa shape index (κ1) is 14.8. The van der Waals surface area contributed by atoms with Crippen LogP contribution in [0.25, 0.3) is 0 Å². The zero-order valence-corrected chi connectivity index (χ0v) is 12.1. The molecule has 0 fully saturated rings. The largest absolute Gasteiger partial charge is 0.467 e. The SMILES string of the molecule is CC(C)c1ccccc1NC(=O)C(=O)NCc1ccco1. The van der Waals surface area contributed by atoms with Crippen LogP contribution in [0.3, 0.4) is 0 Å². The highest BCUT2D eigenvalue weighted by molar-refractivity contribution is 6.39. The van der Waals surface area contributed by atoms with Crippen LogP contribution >= 0.6 is 0 Å². The first-order chi connectivity index (χ1) is 10.1. The number of hydrogen-bond acceptors (Lipinski definition) is 3. The van der Waals surface area contributed by atoms with Gasteiger partial charge in [0.25, 0.3) is 0 Å². The molecule has 0 aliphatic heterocycles. The second-order valence-electron chi connectivity index (χ2n) is 4.96. The van der Waals surface area contributed by atoms with E-state index in [1.165, 1.54) is 6.26 Å². The summed E-state index contributed by atoms with van der Waals surface area (Å²) in [5.41, 5.74) is 1.65. The molecule has 1 aromatic carbocycles. The molecule has 5 heteroatoms. The summed E-state index contributed by atoms with van der Waals surface area (Å²) in [6, 6.07) is 10.9. The van der Waals surface area contributed by atoms with Crippen molar-refractivity contribution in [3.05, 3.63) is 54.0 Å². The Morgan fingerprint density at radius 3 is 2.52 bits per heavy atom. The summed E-state index contributed by atoms with van der Waals surface area (Å²) >= 11 is 0. The summed E-state index contributed by atoms with van der Waals surface area (Å²) in [4.78, 5) is 23.7. The van der Waals surface area contributed by atoms with Crippen LogP contribution in [0.1, 0.15) is 31.1 Å². The van der Waals surface area contributed by atoms with Crippen molar-refractivity contribution in [1.82, 2.24) is 5.32 Å². The third kappa shape index (κ3) is 3.95. The van der Waals surface area contributed by atoms with Gasteiger partial charge in [0, 0.05) is 5.69 Å². The van der Waals surface area contributed by atoms with Crippen LogP contribution in [0.2, 0.25) is 0 Å². The van der Waals surface area contributed by atoms with Gasteiger partial charge in [-0.05, 0) is 29.7 Å². The van der Waals surface area contributed by atoms with Crippen molar-refractivity contribution < 1.29 is 14.0 Å². The number of benzene rings is 1. The van der Waals surface area contributed by atoms with Gasteiger partial charge in [-0.3, -0.25) is 9.59 Å². The predicted octanol–water partition coefficient (Wildman–Crippen LogP) is 2.66. The monoisotopic (exact) mass is 286 g/mol. The molecule has 1 aromatic heterocycles. The highest BCUT2D eigenvalue weighted by atomic mass is 16.3. The summed E-state index contributed by atoms with van der Waals surface area (Å²) < 4.78 is 5.09. The van der Waals surface area contributed by atoms with Gasteiger partial charge in [0.05, 0.1) is 12.8 Å². The number of carbonyl (C=O) groups is 2. The van der Waals surface area contributed by atoms with E-state index in [0.29, 0.717) is 11.4 Å². The number of furan rings is 1. The van der Waals surface area contributed by atoms with Crippen molar-refractivity contribution in [2.45, 2.75) is 26.3 Å². The Morgan fingerprint density at radius 1 is 1.10 bits per heavy atom. The minimum Gasteiger partial charge on any atom is -0.467 e. The molecule has 2 rings (SSSR count). The number of amides is 2. The first-order valence-corrected chi connectivity index (χ1v) is 6.78. The topological polar surface area (TPSA) is 71.3 Å². The van der Waals surface area contributed by atoms with E-state index in [9.17, 15) is 9.59 Å². The predicted molar refractivity (Wildman–Crippen MR) is 79.7 cm³/mol. The third-order valence-electron chi connectivity index (χ3n) is 3.04. The fourth-order valence-electron chi connectivity index (χ4n) is 1.95. The molecule has 0 aliphatic carbocycles. The van der Waals surface area contributed by atoms with Crippen LogP contribution in [0.4, 0.5) is 5.69 Å². The molecule has 2 N–H and O–H groups in total. The van der Waals surface area contributed by atoms with E-state index in [-0.39, 0.29) is 12.5 Å². The van der Waals surface area contributed by atoms with Crippen molar-refractivity contribution in [3.63, 3.8) is 0 Å². The lowest BCUT2D eigenvalue weighted by Gasteiger charge is -2.13. The lowest BCUT2D eigenvalue weighted by Crippen LogP contribution is -2.35. The summed E-state index contributed by atoms with van der Waals surface area (Å²) in [5, 5.41) is 5.15. The van der Waals surface area contributed by atoms with Crippen LogP contribution in [0.15, 0.2) is 47.1 Å². The number of rotatable bonds is 4. The molecular formula is C16H18N2O3. The fourth-order valence-corrected chi connectivity index (χ4v) is 1.95. The quantitative estimate of drug-likeness (QED) is 0.849. The molecule has 2 amide bonds. The van der Waals surface area contributed by atoms with Gasteiger partial charge >= 0.3 is 11.8 Å².